The maximum Gasteiger partial charge on any atom is 0.156 e. The van der Waals surface area contributed by atoms with E-state index in [1.54, 1.807) is 12.1 Å². The Morgan fingerprint density at radius 3 is 2.50 bits per heavy atom. The summed E-state index contributed by atoms with van der Waals surface area (Å²) in [5.74, 6) is -0.212. The third kappa shape index (κ3) is 2.89. The molecule has 1 aromatic rings. The zero-order chi connectivity index (χ0) is 12.3. The Bertz CT molecular complexity index is 385. The fraction of sp³-hybridized carbons (Fsp3) is 0.462. The van der Waals surface area contributed by atoms with Crippen LogP contribution in [-0.4, -0.2) is 30.3 Å². The van der Waals surface area contributed by atoms with Gasteiger partial charge in [0, 0.05) is 6.42 Å². The zero-order valence-electron chi connectivity index (χ0n) is 10.2. The molecule has 0 aliphatic heterocycles. The number of likely N-dealkylation sites (N-methyl/N-ethyl adjacent to an activating group) is 1. The van der Waals surface area contributed by atoms with Gasteiger partial charge in [-0.25, -0.2) is 4.39 Å². The van der Waals surface area contributed by atoms with E-state index in [0.29, 0.717) is 0 Å². The van der Waals surface area contributed by atoms with E-state index < -0.39 is 5.54 Å². The van der Waals surface area contributed by atoms with E-state index in [-0.39, 0.29) is 18.0 Å². The van der Waals surface area contributed by atoms with Crippen molar-refractivity contribution in [1.29, 1.82) is 0 Å². The minimum Gasteiger partial charge on any atom is -0.298 e. The summed E-state index contributed by atoms with van der Waals surface area (Å²) in [7, 11) is 3.73. The van der Waals surface area contributed by atoms with Crippen LogP contribution in [0, 0.1) is 5.82 Å². The predicted octanol–water partition coefficient (Wildman–Crippen LogP) is 2.28. The molecule has 0 heterocycles. The monoisotopic (exact) mass is 223 g/mol. The molecule has 0 atom stereocenters. The lowest BCUT2D eigenvalue weighted by molar-refractivity contribution is -0.127. The molecule has 0 fully saturated rings. The zero-order valence-corrected chi connectivity index (χ0v) is 10.2. The number of nitrogens with zero attached hydrogens (tertiary/aromatic N) is 1. The summed E-state index contributed by atoms with van der Waals surface area (Å²) < 4.78 is 13.0. The van der Waals surface area contributed by atoms with E-state index in [2.05, 4.69) is 0 Å². The molecule has 16 heavy (non-hydrogen) atoms. The highest BCUT2D eigenvalue weighted by atomic mass is 19.1. The number of carbonyl (C=O) groups is 1. The Hall–Kier alpha value is -1.22. The molecule has 0 aromatic heterocycles. The van der Waals surface area contributed by atoms with Gasteiger partial charge in [-0.15, -0.1) is 0 Å². The van der Waals surface area contributed by atoms with E-state index in [1.807, 2.05) is 32.8 Å². The predicted molar refractivity (Wildman–Crippen MR) is 62.9 cm³/mol. The fourth-order valence-corrected chi connectivity index (χ4v) is 1.30. The van der Waals surface area contributed by atoms with Gasteiger partial charge in [-0.05, 0) is 45.6 Å². The van der Waals surface area contributed by atoms with Crippen LogP contribution in [0.2, 0.25) is 0 Å². The molecule has 0 bridgehead atoms. The summed E-state index contributed by atoms with van der Waals surface area (Å²) in [6, 6.07) is 6.18. The molecule has 1 aromatic carbocycles. The maximum atomic E-state index is 13.0. The molecule has 88 valence electrons. The van der Waals surface area contributed by atoms with E-state index >= 15 is 0 Å². The van der Waals surface area contributed by atoms with Crippen molar-refractivity contribution in [3.05, 3.63) is 35.6 Å². The number of hydrogen-bond acceptors (Lipinski definition) is 2. The quantitative estimate of drug-likeness (QED) is 0.780. The highest BCUT2D eigenvalue weighted by Gasteiger charge is 2.29. The van der Waals surface area contributed by atoms with Crippen LogP contribution in [0.4, 0.5) is 4.39 Å². The molecule has 2 nitrogen and oxygen atoms in total. The van der Waals surface area contributed by atoms with Crippen LogP contribution in [0.3, 0.4) is 0 Å². The third-order valence-corrected chi connectivity index (χ3v) is 3.05. The van der Waals surface area contributed by atoms with Crippen LogP contribution in [0.5, 0.6) is 0 Å². The first-order valence-corrected chi connectivity index (χ1v) is 5.29. The largest absolute Gasteiger partial charge is 0.298 e. The third-order valence-electron chi connectivity index (χ3n) is 3.05. The van der Waals surface area contributed by atoms with Gasteiger partial charge in [-0.2, -0.15) is 0 Å². The lowest BCUT2D eigenvalue weighted by Crippen LogP contribution is -2.46. The summed E-state index contributed by atoms with van der Waals surface area (Å²) in [6.45, 7) is 3.74. The average Bonchev–Trinajstić information content (AvgIpc) is 2.17. The van der Waals surface area contributed by atoms with Crippen molar-refractivity contribution in [2.75, 3.05) is 14.1 Å². The Balaban J connectivity index is 2.79. The molecule has 0 aliphatic carbocycles. The Morgan fingerprint density at radius 1 is 1.38 bits per heavy atom. The molecular weight excluding hydrogens is 205 g/mol. The molecule has 0 radical (unpaired) electrons. The van der Waals surface area contributed by atoms with E-state index in [1.165, 1.54) is 12.1 Å². The summed E-state index contributed by atoms with van der Waals surface area (Å²) in [6.07, 6.45) is 0.267. The lowest BCUT2D eigenvalue weighted by Gasteiger charge is -2.30. The maximum absolute atomic E-state index is 13.0. The highest BCUT2D eigenvalue weighted by Crippen LogP contribution is 2.15. The highest BCUT2D eigenvalue weighted by molar-refractivity contribution is 5.89. The van der Waals surface area contributed by atoms with Crippen LogP contribution < -0.4 is 0 Å². The molecule has 0 saturated heterocycles. The molecule has 0 amide bonds. The molecule has 0 N–H and O–H groups in total. The van der Waals surface area contributed by atoms with Crippen molar-refractivity contribution in [3.63, 3.8) is 0 Å². The van der Waals surface area contributed by atoms with Crippen molar-refractivity contribution in [3.8, 4) is 0 Å². The van der Waals surface area contributed by atoms with Crippen molar-refractivity contribution >= 4 is 5.78 Å². The first kappa shape index (κ1) is 12.8. The summed E-state index contributed by atoms with van der Waals surface area (Å²) in [5, 5.41) is 0. The first-order valence-electron chi connectivity index (χ1n) is 5.29. The van der Waals surface area contributed by atoms with Crippen LogP contribution in [0.1, 0.15) is 19.4 Å². The van der Waals surface area contributed by atoms with Gasteiger partial charge >= 0.3 is 0 Å². The second-order valence-corrected chi connectivity index (χ2v) is 4.68. The number of ketones is 1. The molecule has 1 rings (SSSR count). The van der Waals surface area contributed by atoms with Crippen molar-refractivity contribution in [1.82, 2.24) is 4.90 Å². The SMILES string of the molecule is CN(C)C(C)(C)C(=O)Cc1cccc(F)c1. The van der Waals surface area contributed by atoms with Gasteiger partial charge in [-0.3, -0.25) is 9.69 Å². The number of rotatable bonds is 4. The number of carbonyl (C=O) groups excluding carboxylic acids is 1. The number of halogens is 1. The lowest BCUT2D eigenvalue weighted by atomic mass is 9.92. The van der Waals surface area contributed by atoms with Gasteiger partial charge in [0.2, 0.25) is 0 Å². The average molecular weight is 223 g/mol. The van der Waals surface area contributed by atoms with Crippen LogP contribution in [-0.2, 0) is 11.2 Å². The standard InChI is InChI=1S/C13H18FNO/c1-13(2,15(3)4)12(16)9-10-6-5-7-11(14)8-10/h5-8H,9H2,1-4H3. The van der Waals surface area contributed by atoms with Crippen LogP contribution >= 0.6 is 0 Å². The van der Waals surface area contributed by atoms with Gasteiger partial charge in [0.05, 0.1) is 5.54 Å². The summed E-state index contributed by atoms with van der Waals surface area (Å²) in [5.41, 5.74) is 0.201. The number of Topliss-reactive ketones (excluding diaryl/α,β-unsaturated/α-hetero) is 1. The molecule has 0 spiro atoms. The van der Waals surface area contributed by atoms with Crippen molar-refractivity contribution < 1.29 is 9.18 Å². The summed E-state index contributed by atoms with van der Waals surface area (Å²) in [4.78, 5) is 13.9. The van der Waals surface area contributed by atoms with Gasteiger partial charge in [0.25, 0.3) is 0 Å². The molecular formula is C13H18FNO. The second-order valence-electron chi connectivity index (χ2n) is 4.68. The van der Waals surface area contributed by atoms with Crippen molar-refractivity contribution in [2.45, 2.75) is 25.8 Å². The molecule has 0 saturated carbocycles. The van der Waals surface area contributed by atoms with Gasteiger partial charge in [0.15, 0.2) is 5.78 Å². The van der Waals surface area contributed by atoms with Gasteiger partial charge in [-0.1, -0.05) is 12.1 Å². The van der Waals surface area contributed by atoms with Crippen LogP contribution in [0.15, 0.2) is 24.3 Å². The van der Waals surface area contributed by atoms with E-state index in [0.717, 1.165) is 5.56 Å². The Kier molecular flexibility index (Phi) is 3.81. The second kappa shape index (κ2) is 4.74. The van der Waals surface area contributed by atoms with E-state index in [9.17, 15) is 9.18 Å². The Morgan fingerprint density at radius 2 is 2.00 bits per heavy atom. The fourth-order valence-electron chi connectivity index (χ4n) is 1.30. The molecule has 0 unspecified atom stereocenters. The van der Waals surface area contributed by atoms with Crippen molar-refractivity contribution in [2.24, 2.45) is 0 Å². The summed E-state index contributed by atoms with van der Waals surface area (Å²) >= 11 is 0. The van der Waals surface area contributed by atoms with Gasteiger partial charge in [0.1, 0.15) is 5.82 Å². The minimum absolute atomic E-state index is 0.0862. The normalized spacial score (nSPS) is 11.9. The Labute approximate surface area is 96.1 Å². The van der Waals surface area contributed by atoms with Crippen LogP contribution in [0.25, 0.3) is 0 Å². The molecule has 0 aliphatic rings. The number of hydrogen-bond donors (Lipinski definition) is 0. The number of benzene rings is 1. The minimum atomic E-state index is -0.522. The molecule has 3 heteroatoms. The first-order chi connectivity index (χ1) is 7.34. The van der Waals surface area contributed by atoms with Gasteiger partial charge < -0.3 is 0 Å². The topological polar surface area (TPSA) is 20.3 Å². The van der Waals surface area contributed by atoms with E-state index in [4.69, 9.17) is 0 Å². The smallest absolute Gasteiger partial charge is 0.156 e.